The van der Waals surface area contributed by atoms with Crippen LogP contribution in [0.3, 0.4) is 0 Å². The Morgan fingerprint density at radius 1 is 1.03 bits per heavy atom. The lowest BCUT2D eigenvalue weighted by Gasteiger charge is -2.34. The van der Waals surface area contributed by atoms with E-state index in [1.807, 2.05) is 42.7 Å². The maximum Gasteiger partial charge on any atom is 0.225 e. The van der Waals surface area contributed by atoms with Crippen molar-refractivity contribution in [3.05, 3.63) is 90.1 Å². The molecule has 7 nitrogen and oxygen atoms in total. The molecule has 1 fully saturated rings. The van der Waals surface area contributed by atoms with Crippen molar-refractivity contribution in [2.45, 2.75) is 51.2 Å². The molecule has 0 spiro atoms. The minimum atomic E-state index is -0.707. The van der Waals surface area contributed by atoms with E-state index in [0.29, 0.717) is 24.2 Å². The maximum absolute atomic E-state index is 13.7. The second kappa shape index (κ2) is 11.0. The molecule has 198 valence electrons. The van der Waals surface area contributed by atoms with Gasteiger partial charge in [-0.3, -0.25) is 4.57 Å². The number of hydrogen-bond acceptors (Lipinski definition) is 6. The summed E-state index contributed by atoms with van der Waals surface area (Å²) in [6, 6.07) is 18.5. The summed E-state index contributed by atoms with van der Waals surface area (Å²) in [5, 5.41) is 13.6. The monoisotopic (exact) mass is 514 g/mol. The quantitative estimate of drug-likeness (QED) is 0.319. The molecular weight excluding hydrogens is 479 g/mol. The zero-order valence-corrected chi connectivity index (χ0v) is 22.2. The molecule has 1 aliphatic rings. The van der Waals surface area contributed by atoms with Gasteiger partial charge >= 0.3 is 0 Å². The van der Waals surface area contributed by atoms with E-state index in [0.717, 1.165) is 48.6 Å². The third kappa shape index (κ3) is 6.26. The molecule has 8 heteroatoms. The summed E-state index contributed by atoms with van der Waals surface area (Å²) in [7, 11) is 0. The molecule has 38 heavy (non-hydrogen) atoms. The van der Waals surface area contributed by atoms with Gasteiger partial charge in [0, 0.05) is 30.4 Å². The van der Waals surface area contributed by atoms with Gasteiger partial charge < -0.3 is 15.3 Å². The summed E-state index contributed by atoms with van der Waals surface area (Å²) < 4.78 is 15.7. The molecule has 3 heterocycles. The lowest BCUT2D eigenvalue weighted by Crippen LogP contribution is -2.42. The van der Waals surface area contributed by atoms with Crippen molar-refractivity contribution in [1.29, 1.82) is 0 Å². The zero-order chi connectivity index (χ0) is 26.7. The fourth-order valence-electron chi connectivity index (χ4n) is 5.08. The highest BCUT2D eigenvalue weighted by atomic mass is 19.1. The molecule has 0 unspecified atom stereocenters. The highest BCUT2D eigenvalue weighted by Gasteiger charge is 2.27. The Morgan fingerprint density at radius 3 is 2.42 bits per heavy atom. The molecule has 5 rings (SSSR count). The van der Waals surface area contributed by atoms with Crippen LogP contribution < -0.4 is 5.32 Å². The number of halogens is 1. The van der Waals surface area contributed by atoms with Crippen LogP contribution in [0.25, 0.3) is 17.2 Å². The molecule has 0 saturated carbocycles. The molecule has 2 aromatic carbocycles. The number of nitrogens with one attached hydrogen (secondary N) is 1. The average molecular weight is 515 g/mol. The summed E-state index contributed by atoms with van der Waals surface area (Å²) >= 11 is 0. The van der Waals surface area contributed by atoms with Crippen LogP contribution in [0.15, 0.2) is 73.1 Å². The molecule has 1 saturated heterocycles. The maximum atomic E-state index is 13.7. The van der Waals surface area contributed by atoms with E-state index in [1.165, 1.54) is 12.1 Å². The first kappa shape index (κ1) is 26.0. The molecule has 0 bridgehead atoms. The third-order valence-electron chi connectivity index (χ3n) is 6.98. The second-order valence-electron chi connectivity index (χ2n) is 10.7. The van der Waals surface area contributed by atoms with E-state index in [9.17, 15) is 9.50 Å². The van der Waals surface area contributed by atoms with Crippen molar-refractivity contribution >= 4 is 5.95 Å². The summed E-state index contributed by atoms with van der Waals surface area (Å²) in [6.45, 7) is 8.25. The largest absolute Gasteiger partial charge is 0.389 e. The van der Waals surface area contributed by atoms with Gasteiger partial charge in [0.25, 0.3) is 0 Å². The smallest absolute Gasteiger partial charge is 0.225 e. The summed E-state index contributed by atoms with van der Waals surface area (Å²) in [5.74, 6) is 1.96. The van der Waals surface area contributed by atoms with Gasteiger partial charge in [0.05, 0.1) is 17.3 Å². The van der Waals surface area contributed by atoms with E-state index in [-0.39, 0.29) is 11.9 Å². The number of benzene rings is 2. The first-order valence-corrected chi connectivity index (χ1v) is 13.2. The van der Waals surface area contributed by atoms with Crippen LogP contribution in [-0.2, 0) is 0 Å². The molecule has 2 aromatic heterocycles. The minimum Gasteiger partial charge on any atom is -0.389 e. The number of likely N-dealkylation sites (tertiary alicyclic amines) is 1. The van der Waals surface area contributed by atoms with Gasteiger partial charge in [-0.25, -0.2) is 14.4 Å². The number of nitrogens with zero attached hydrogens (tertiary/aromatic N) is 5. The van der Waals surface area contributed by atoms with Gasteiger partial charge in [-0.1, -0.05) is 30.3 Å². The topological polar surface area (TPSA) is 79.1 Å². The van der Waals surface area contributed by atoms with Crippen LogP contribution in [0.5, 0.6) is 0 Å². The molecule has 1 aliphatic heterocycles. The SMILES string of the molecule is C[C@H](Nc1nccc(-n2cc(C3CCN(CC(C)(C)O)CC3)nc2-c2ccc(F)cc2)n1)c1ccccc1. The predicted octanol–water partition coefficient (Wildman–Crippen LogP) is 5.59. The minimum absolute atomic E-state index is 0.0375. The number of rotatable bonds is 8. The van der Waals surface area contributed by atoms with E-state index < -0.39 is 5.60 Å². The molecule has 2 N–H and O–H groups in total. The van der Waals surface area contributed by atoms with E-state index >= 15 is 0 Å². The second-order valence-corrected chi connectivity index (χ2v) is 10.7. The van der Waals surface area contributed by atoms with E-state index in [4.69, 9.17) is 9.97 Å². The Kier molecular flexibility index (Phi) is 7.53. The van der Waals surface area contributed by atoms with Gasteiger partial charge in [-0.2, -0.15) is 4.98 Å². The lowest BCUT2D eigenvalue weighted by molar-refractivity contribution is 0.0280. The fourth-order valence-corrected chi connectivity index (χ4v) is 5.08. The Bertz CT molecular complexity index is 1340. The number of aromatic nitrogens is 4. The number of anilines is 1. The zero-order valence-electron chi connectivity index (χ0n) is 22.2. The van der Waals surface area contributed by atoms with Gasteiger partial charge in [0.2, 0.25) is 5.95 Å². The Hall–Kier alpha value is -3.62. The van der Waals surface area contributed by atoms with Crippen molar-refractivity contribution in [1.82, 2.24) is 24.4 Å². The molecule has 0 aliphatic carbocycles. The molecule has 0 radical (unpaired) electrons. The van der Waals surface area contributed by atoms with Crippen molar-refractivity contribution in [2.24, 2.45) is 0 Å². The predicted molar refractivity (Wildman–Crippen MR) is 148 cm³/mol. The number of imidazole rings is 1. The Balaban J connectivity index is 1.43. The van der Waals surface area contributed by atoms with Crippen LogP contribution in [0.2, 0.25) is 0 Å². The van der Waals surface area contributed by atoms with Crippen molar-refractivity contribution in [2.75, 3.05) is 25.0 Å². The normalized spacial score (nSPS) is 15.9. The van der Waals surface area contributed by atoms with Crippen LogP contribution in [-0.4, -0.2) is 54.8 Å². The summed E-state index contributed by atoms with van der Waals surface area (Å²) in [6.07, 6.45) is 5.72. The number of β-amino-alcohol motifs (C(OH)–C–C–N with tert-alkyl or cyclic N) is 1. The number of aliphatic hydroxyl groups is 1. The van der Waals surface area contributed by atoms with E-state index in [2.05, 4.69) is 40.5 Å². The van der Waals surface area contributed by atoms with Crippen LogP contribution in [0, 0.1) is 5.82 Å². The summed E-state index contributed by atoms with van der Waals surface area (Å²) in [5.41, 5.74) is 2.26. The molecule has 0 amide bonds. The molecule has 1 atom stereocenters. The first-order valence-electron chi connectivity index (χ1n) is 13.2. The third-order valence-corrected chi connectivity index (χ3v) is 6.98. The Labute approximate surface area is 223 Å². The highest BCUT2D eigenvalue weighted by molar-refractivity contribution is 5.59. The Morgan fingerprint density at radius 2 is 1.74 bits per heavy atom. The molecule has 4 aromatic rings. The lowest BCUT2D eigenvalue weighted by atomic mass is 9.93. The number of piperidine rings is 1. The fraction of sp³-hybridized carbons (Fsp3) is 0.367. The van der Waals surface area contributed by atoms with Crippen molar-refractivity contribution in [3.63, 3.8) is 0 Å². The van der Waals surface area contributed by atoms with Crippen molar-refractivity contribution in [3.8, 4) is 17.2 Å². The molecular formula is C30H35FN6O. The average Bonchev–Trinajstić information content (AvgIpc) is 3.35. The van der Waals surface area contributed by atoms with Crippen LogP contribution >= 0.6 is 0 Å². The van der Waals surface area contributed by atoms with Crippen molar-refractivity contribution < 1.29 is 9.50 Å². The number of hydrogen-bond donors (Lipinski definition) is 2. The van der Waals surface area contributed by atoms with Gasteiger partial charge in [0.15, 0.2) is 0 Å². The van der Waals surface area contributed by atoms with Crippen LogP contribution in [0.1, 0.15) is 56.8 Å². The standard InChI is InChI=1S/C30H35FN6O/c1-21(22-7-5-4-6-8-22)33-29-32-16-13-27(35-29)37-19-26(34-28(37)24-9-11-25(31)12-10-24)23-14-17-36(18-15-23)20-30(2,3)38/h4-13,16,19,21,23,38H,14-15,17-18,20H2,1-3H3,(H,32,33,35)/t21-/m0/s1. The highest BCUT2D eigenvalue weighted by Crippen LogP contribution is 2.32. The van der Waals surface area contributed by atoms with Gasteiger partial charge in [0.1, 0.15) is 17.5 Å². The van der Waals surface area contributed by atoms with Gasteiger partial charge in [-0.05, 0) is 82.6 Å². The van der Waals surface area contributed by atoms with Crippen LogP contribution in [0.4, 0.5) is 10.3 Å². The summed E-state index contributed by atoms with van der Waals surface area (Å²) in [4.78, 5) is 16.6. The first-order chi connectivity index (χ1) is 18.2. The van der Waals surface area contributed by atoms with E-state index in [1.54, 1.807) is 18.3 Å². The van der Waals surface area contributed by atoms with Gasteiger partial charge in [-0.15, -0.1) is 0 Å².